The van der Waals surface area contributed by atoms with Gasteiger partial charge in [0.25, 0.3) is 0 Å². The number of nitrogens with two attached hydrogens (primary N) is 2. The van der Waals surface area contributed by atoms with Crippen LogP contribution in [-0.4, -0.2) is 11.8 Å². The lowest BCUT2D eigenvalue weighted by atomic mass is 10.1. The number of hydrogen-bond acceptors (Lipinski definition) is 2. The number of hydrogen-bond donors (Lipinski definition) is 2. The SMILES string of the molecule is Cl.Cl.NC(=O)C1(C(N)=O)CC1. The lowest BCUT2D eigenvalue weighted by Gasteiger charge is -2.02. The standard InChI is InChI=1S/C5H8N2O2.2ClH/c6-3(8)5(1-2-5)4(7)9;;/h1-2H2,(H2,6,8)(H2,7,9);2*1H. The van der Waals surface area contributed by atoms with E-state index in [1.54, 1.807) is 0 Å². The van der Waals surface area contributed by atoms with Gasteiger partial charge in [0.15, 0.2) is 0 Å². The van der Waals surface area contributed by atoms with Crippen LogP contribution >= 0.6 is 24.8 Å². The van der Waals surface area contributed by atoms with Gasteiger partial charge in [0.1, 0.15) is 5.41 Å². The summed E-state index contributed by atoms with van der Waals surface area (Å²) in [5.74, 6) is -1.18. The van der Waals surface area contributed by atoms with Crippen LogP contribution in [0.3, 0.4) is 0 Å². The van der Waals surface area contributed by atoms with Gasteiger partial charge >= 0.3 is 0 Å². The maximum absolute atomic E-state index is 10.4. The summed E-state index contributed by atoms with van der Waals surface area (Å²) >= 11 is 0. The first-order valence-electron chi connectivity index (χ1n) is 2.69. The Labute approximate surface area is 76.5 Å². The van der Waals surface area contributed by atoms with Crippen LogP contribution in [0.1, 0.15) is 12.8 Å². The third kappa shape index (κ3) is 1.97. The molecule has 0 spiro atoms. The van der Waals surface area contributed by atoms with E-state index in [9.17, 15) is 9.59 Å². The molecule has 11 heavy (non-hydrogen) atoms. The summed E-state index contributed by atoms with van der Waals surface area (Å²) in [5, 5.41) is 0. The van der Waals surface area contributed by atoms with Crippen LogP contribution in [0.25, 0.3) is 0 Å². The molecule has 0 bridgehead atoms. The number of carbonyl (C=O) groups excluding carboxylic acids is 2. The highest BCUT2D eigenvalue weighted by molar-refractivity contribution is 6.06. The zero-order valence-electron chi connectivity index (χ0n) is 5.70. The summed E-state index contributed by atoms with van der Waals surface area (Å²) in [6.07, 6.45) is 1.05. The number of primary amides is 2. The first-order valence-corrected chi connectivity index (χ1v) is 2.69. The zero-order chi connectivity index (χ0) is 7.07. The second-order valence-corrected chi connectivity index (χ2v) is 2.31. The highest BCUT2D eigenvalue weighted by Gasteiger charge is 2.54. The number of carbonyl (C=O) groups is 2. The average molecular weight is 201 g/mol. The van der Waals surface area contributed by atoms with Crippen LogP contribution in [0.4, 0.5) is 0 Å². The van der Waals surface area contributed by atoms with E-state index >= 15 is 0 Å². The quantitative estimate of drug-likeness (QED) is 0.594. The largest absolute Gasteiger partial charge is 0.369 e. The Hall–Kier alpha value is -0.480. The van der Waals surface area contributed by atoms with Gasteiger partial charge in [-0.15, -0.1) is 24.8 Å². The minimum Gasteiger partial charge on any atom is -0.369 e. The van der Waals surface area contributed by atoms with Crippen molar-refractivity contribution in [3.63, 3.8) is 0 Å². The molecule has 1 aliphatic rings. The predicted molar refractivity (Wildman–Crippen MR) is 44.6 cm³/mol. The minimum absolute atomic E-state index is 0. The molecule has 1 rings (SSSR count). The Morgan fingerprint density at radius 1 is 1.00 bits per heavy atom. The second-order valence-electron chi connectivity index (χ2n) is 2.31. The molecule has 6 heteroatoms. The van der Waals surface area contributed by atoms with Crippen LogP contribution in [-0.2, 0) is 9.59 Å². The van der Waals surface area contributed by atoms with Crippen molar-refractivity contribution in [3.8, 4) is 0 Å². The van der Waals surface area contributed by atoms with Crippen molar-refractivity contribution in [1.29, 1.82) is 0 Å². The summed E-state index contributed by atoms with van der Waals surface area (Å²) < 4.78 is 0. The van der Waals surface area contributed by atoms with Gasteiger partial charge in [0, 0.05) is 0 Å². The van der Waals surface area contributed by atoms with E-state index in [2.05, 4.69) is 0 Å². The van der Waals surface area contributed by atoms with E-state index in [0.717, 1.165) is 0 Å². The van der Waals surface area contributed by atoms with E-state index in [0.29, 0.717) is 12.8 Å². The minimum atomic E-state index is -0.972. The summed E-state index contributed by atoms with van der Waals surface area (Å²) in [5.41, 5.74) is 8.82. The van der Waals surface area contributed by atoms with Crippen molar-refractivity contribution >= 4 is 36.6 Å². The van der Waals surface area contributed by atoms with Gasteiger partial charge in [-0.2, -0.15) is 0 Å². The first kappa shape index (κ1) is 13.1. The van der Waals surface area contributed by atoms with E-state index in [1.807, 2.05) is 0 Å². The van der Waals surface area contributed by atoms with E-state index < -0.39 is 17.2 Å². The molecule has 0 aromatic carbocycles. The summed E-state index contributed by atoms with van der Waals surface area (Å²) in [6.45, 7) is 0. The van der Waals surface area contributed by atoms with Crippen molar-refractivity contribution in [2.45, 2.75) is 12.8 Å². The van der Waals surface area contributed by atoms with Gasteiger partial charge in [-0.3, -0.25) is 9.59 Å². The van der Waals surface area contributed by atoms with Crippen molar-refractivity contribution in [2.24, 2.45) is 16.9 Å². The fourth-order valence-corrected chi connectivity index (χ4v) is 0.739. The third-order valence-corrected chi connectivity index (χ3v) is 1.69. The molecule has 1 aliphatic carbocycles. The maximum Gasteiger partial charge on any atom is 0.233 e. The molecule has 66 valence electrons. The molecule has 0 aromatic heterocycles. The van der Waals surface area contributed by atoms with Gasteiger partial charge < -0.3 is 11.5 Å². The molecule has 1 saturated carbocycles. The smallest absolute Gasteiger partial charge is 0.233 e. The molecule has 4 nitrogen and oxygen atoms in total. The van der Waals surface area contributed by atoms with Crippen LogP contribution in [0, 0.1) is 5.41 Å². The summed E-state index contributed by atoms with van der Waals surface area (Å²) in [7, 11) is 0. The number of halogens is 2. The molecule has 0 unspecified atom stereocenters. The molecule has 0 aliphatic heterocycles. The lowest BCUT2D eigenvalue weighted by molar-refractivity contribution is -0.133. The highest BCUT2D eigenvalue weighted by Crippen LogP contribution is 2.44. The fourth-order valence-electron chi connectivity index (χ4n) is 0.739. The fraction of sp³-hybridized carbons (Fsp3) is 0.600. The zero-order valence-corrected chi connectivity index (χ0v) is 7.33. The molecule has 0 atom stereocenters. The van der Waals surface area contributed by atoms with Crippen LogP contribution < -0.4 is 11.5 Å². The van der Waals surface area contributed by atoms with Gasteiger partial charge in [-0.25, -0.2) is 0 Å². The molecule has 0 aromatic rings. The van der Waals surface area contributed by atoms with Crippen LogP contribution in [0.2, 0.25) is 0 Å². The Kier molecular flexibility index (Phi) is 4.51. The van der Waals surface area contributed by atoms with Crippen molar-refractivity contribution < 1.29 is 9.59 Å². The number of amides is 2. The molecule has 0 radical (unpaired) electrons. The Morgan fingerprint density at radius 3 is 1.27 bits per heavy atom. The normalized spacial score (nSPS) is 17.1. The average Bonchev–Trinajstić information content (AvgIpc) is 2.40. The van der Waals surface area contributed by atoms with Gasteiger partial charge in [0.05, 0.1) is 0 Å². The molecular weight excluding hydrogens is 191 g/mol. The Bertz CT molecular complexity index is 163. The van der Waals surface area contributed by atoms with Crippen LogP contribution in [0.15, 0.2) is 0 Å². The Balaban J connectivity index is 0. The first-order chi connectivity index (χ1) is 4.09. The highest BCUT2D eigenvalue weighted by atomic mass is 35.5. The van der Waals surface area contributed by atoms with E-state index in [-0.39, 0.29) is 24.8 Å². The van der Waals surface area contributed by atoms with E-state index in [1.165, 1.54) is 0 Å². The van der Waals surface area contributed by atoms with Gasteiger partial charge in [0.2, 0.25) is 11.8 Å². The predicted octanol–water partition coefficient (Wildman–Crippen LogP) is -0.419. The van der Waals surface area contributed by atoms with Gasteiger partial charge in [-0.1, -0.05) is 0 Å². The number of rotatable bonds is 2. The molecular formula is C5H10Cl2N2O2. The Morgan fingerprint density at radius 2 is 1.27 bits per heavy atom. The second kappa shape index (κ2) is 3.78. The van der Waals surface area contributed by atoms with Crippen LogP contribution in [0.5, 0.6) is 0 Å². The lowest BCUT2D eigenvalue weighted by Crippen LogP contribution is -2.36. The van der Waals surface area contributed by atoms with E-state index in [4.69, 9.17) is 11.5 Å². The summed E-state index contributed by atoms with van der Waals surface area (Å²) in [4.78, 5) is 20.9. The molecule has 4 N–H and O–H groups in total. The monoisotopic (exact) mass is 200 g/mol. The molecule has 0 saturated heterocycles. The topological polar surface area (TPSA) is 86.2 Å². The molecule has 2 amide bonds. The van der Waals surface area contributed by atoms with Crippen molar-refractivity contribution in [3.05, 3.63) is 0 Å². The summed E-state index contributed by atoms with van der Waals surface area (Å²) in [6, 6.07) is 0. The van der Waals surface area contributed by atoms with Crippen molar-refractivity contribution in [1.82, 2.24) is 0 Å². The molecule has 1 fully saturated rings. The third-order valence-electron chi connectivity index (χ3n) is 1.69. The molecule has 0 heterocycles. The maximum atomic E-state index is 10.4. The van der Waals surface area contributed by atoms with Crippen molar-refractivity contribution in [2.75, 3.05) is 0 Å². The van der Waals surface area contributed by atoms with Gasteiger partial charge in [-0.05, 0) is 12.8 Å².